The summed E-state index contributed by atoms with van der Waals surface area (Å²) < 4.78 is 0. The van der Waals surface area contributed by atoms with Crippen LogP contribution in [0.2, 0.25) is 0 Å². The van der Waals surface area contributed by atoms with Crippen LogP contribution in [-0.4, -0.2) is 24.8 Å². The fourth-order valence-electron chi connectivity index (χ4n) is 2.06. The molecule has 0 unspecified atom stereocenters. The molecule has 0 amide bonds. The number of rotatable bonds is 5. The monoisotopic (exact) mass is 312 g/mol. The topological polar surface area (TPSA) is 15.6 Å². The zero-order valence-electron chi connectivity index (χ0n) is 14.1. The lowest BCUT2D eigenvalue weighted by molar-refractivity contribution is 0.552. The highest BCUT2D eigenvalue weighted by atomic mass is 32.2. The van der Waals surface area contributed by atoms with Gasteiger partial charge in [0.15, 0.2) is 0 Å². The van der Waals surface area contributed by atoms with Crippen molar-refractivity contribution in [2.45, 2.75) is 37.5 Å². The van der Waals surface area contributed by atoms with E-state index in [2.05, 4.69) is 74.0 Å². The molecule has 22 heavy (non-hydrogen) atoms. The van der Waals surface area contributed by atoms with Crippen LogP contribution < -0.4 is 0 Å². The highest BCUT2D eigenvalue weighted by molar-refractivity contribution is 7.99. The van der Waals surface area contributed by atoms with E-state index in [0.29, 0.717) is 0 Å². The SMILES string of the molecule is CCN(C)C=Nc1cc(C)c(Sc2ccccc2C)cc1C. The second kappa shape index (κ2) is 7.50. The second-order valence-electron chi connectivity index (χ2n) is 5.59. The fourth-order valence-corrected chi connectivity index (χ4v) is 3.12. The fraction of sp³-hybridized carbons (Fsp3) is 0.316. The van der Waals surface area contributed by atoms with Gasteiger partial charge in [-0.2, -0.15) is 0 Å². The van der Waals surface area contributed by atoms with Crippen LogP contribution in [0, 0.1) is 20.8 Å². The Morgan fingerprint density at radius 3 is 2.41 bits per heavy atom. The van der Waals surface area contributed by atoms with Gasteiger partial charge in [0.1, 0.15) is 0 Å². The predicted octanol–water partition coefficient (Wildman–Crippen LogP) is 5.37. The summed E-state index contributed by atoms with van der Waals surface area (Å²) in [7, 11) is 2.04. The van der Waals surface area contributed by atoms with E-state index in [1.54, 1.807) is 0 Å². The molecule has 0 fully saturated rings. The van der Waals surface area contributed by atoms with Crippen LogP contribution in [0.25, 0.3) is 0 Å². The molecule has 0 spiro atoms. The minimum atomic E-state index is 0.961. The van der Waals surface area contributed by atoms with Crippen molar-refractivity contribution >= 4 is 23.8 Å². The Balaban J connectivity index is 2.27. The van der Waals surface area contributed by atoms with Gasteiger partial charge in [0.2, 0.25) is 0 Å². The van der Waals surface area contributed by atoms with Crippen molar-refractivity contribution < 1.29 is 0 Å². The molecule has 2 aromatic carbocycles. The summed E-state index contributed by atoms with van der Waals surface area (Å²) in [5.41, 5.74) is 4.84. The summed E-state index contributed by atoms with van der Waals surface area (Å²) in [6, 6.07) is 12.9. The molecule has 0 bridgehead atoms. The molecule has 0 N–H and O–H groups in total. The van der Waals surface area contributed by atoms with Gasteiger partial charge in [-0.3, -0.25) is 0 Å². The van der Waals surface area contributed by atoms with Gasteiger partial charge in [-0.15, -0.1) is 0 Å². The minimum Gasteiger partial charge on any atom is -0.366 e. The van der Waals surface area contributed by atoms with Crippen molar-refractivity contribution in [2.75, 3.05) is 13.6 Å². The molecule has 0 saturated heterocycles. The number of hydrogen-bond donors (Lipinski definition) is 0. The van der Waals surface area contributed by atoms with Crippen LogP contribution in [0.15, 0.2) is 51.2 Å². The lowest BCUT2D eigenvalue weighted by Gasteiger charge is -2.12. The maximum absolute atomic E-state index is 4.59. The Labute approximate surface area is 138 Å². The number of hydrogen-bond acceptors (Lipinski definition) is 2. The summed E-state index contributed by atoms with van der Waals surface area (Å²) in [5, 5.41) is 0. The van der Waals surface area contributed by atoms with E-state index in [4.69, 9.17) is 0 Å². The molecule has 0 atom stereocenters. The smallest absolute Gasteiger partial charge is 0.0909 e. The molecule has 0 aliphatic rings. The number of aryl methyl sites for hydroxylation is 3. The normalized spacial score (nSPS) is 11.1. The Morgan fingerprint density at radius 2 is 1.73 bits per heavy atom. The van der Waals surface area contributed by atoms with Gasteiger partial charge in [-0.25, -0.2) is 4.99 Å². The Kier molecular flexibility index (Phi) is 5.67. The summed E-state index contributed by atoms with van der Waals surface area (Å²) >= 11 is 1.83. The maximum Gasteiger partial charge on any atom is 0.0909 e. The van der Waals surface area contributed by atoms with Crippen molar-refractivity contribution in [2.24, 2.45) is 4.99 Å². The van der Waals surface area contributed by atoms with E-state index in [1.165, 1.54) is 26.5 Å². The lowest BCUT2D eigenvalue weighted by atomic mass is 10.1. The molecule has 0 aliphatic carbocycles. The first-order valence-electron chi connectivity index (χ1n) is 7.60. The summed E-state index contributed by atoms with van der Waals surface area (Å²) in [6.07, 6.45) is 1.90. The third-order valence-corrected chi connectivity index (χ3v) is 5.04. The van der Waals surface area contributed by atoms with Crippen LogP contribution in [0.4, 0.5) is 5.69 Å². The second-order valence-corrected chi connectivity index (χ2v) is 6.67. The minimum absolute atomic E-state index is 0.961. The van der Waals surface area contributed by atoms with Crippen LogP contribution in [0.1, 0.15) is 23.6 Å². The molecule has 0 radical (unpaired) electrons. The van der Waals surface area contributed by atoms with Gasteiger partial charge in [-0.05, 0) is 62.6 Å². The average molecular weight is 312 g/mol. The van der Waals surface area contributed by atoms with E-state index in [9.17, 15) is 0 Å². The van der Waals surface area contributed by atoms with Crippen molar-refractivity contribution in [1.29, 1.82) is 0 Å². The molecule has 3 heteroatoms. The molecule has 2 rings (SSSR count). The van der Waals surface area contributed by atoms with Crippen LogP contribution in [0.3, 0.4) is 0 Å². The average Bonchev–Trinajstić information content (AvgIpc) is 2.51. The number of nitrogens with zero attached hydrogens (tertiary/aromatic N) is 2. The van der Waals surface area contributed by atoms with Crippen LogP contribution in [0.5, 0.6) is 0 Å². The first kappa shape index (κ1) is 16.6. The van der Waals surface area contributed by atoms with Gasteiger partial charge < -0.3 is 4.90 Å². The van der Waals surface area contributed by atoms with Gasteiger partial charge in [0, 0.05) is 23.4 Å². The summed E-state index contributed by atoms with van der Waals surface area (Å²) in [6.45, 7) is 9.52. The van der Waals surface area contributed by atoms with Crippen molar-refractivity contribution in [1.82, 2.24) is 4.90 Å². The maximum atomic E-state index is 4.59. The summed E-state index contributed by atoms with van der Waals surface area (Å²) in [5.74, 6) is 0. The molecule has 2 nitrogen and oxygen atoms in total. The summed E-state index contributed by atoms with van der Waals surface area (Å²) in [4.78, 5) is 9.28. The van der Waals surface area contributed by atoms with Crippen LogP contribution in [-0.2, 0) is 0 Å². The Hall–Kier alpha value is -1.74. The van der Waals surface area contributed by atoms with Crippen molar-refractivity contribution in [3.8, 4) is 0 Å². The van der Waals surface area contributed by atoms with Crippen molar-refractivity contribution in [3.63, 3.8) is 0 Å². The number of benzene rings is 2. The third-order valence-electron chi connectivity index (χ3n) is 3.70. The van der Waals surface area contributed by atoms with E-state index in [-0.39, 0.29) is 0 Å². The zero-order valence-corrected chi connectivity index (χ0v) is 14.9. The largest absolute Gasteiger partial charge is 0.366 e. The quantitative estimate of drug-likeness (QED) is 0.544. The molecule has 0 heterocycles. The molecule has 0 saturated carbocycles. The first-order chi connectivity index (χ1) is 10.5. The molecule has 116 valence electrons. The van der Waals surface area contributed by atoms with E-state index in [0.717, 1.165) is 12.2 Å². The van der Waals surface area contributed by atoms with Crippen LogP contribution >= 0.6 is 11.8 Å². The van der Waals surface area contributed by atoms with Gasteiger partial charge in [0.25, 0.3) is 0 Å². The highest BCUT2D eigenvalue weighted by Crippen LogP contribution is 2.35. The van der Waals surface area contributed by atoms with Crippen molar-refractivity contribution in [3.05, 3.63) is 53.1 Å². The first-order valence-corrected chi connectivity index (χ1v) is 8.42. The van der Waals surface area contributed by atoms with E-state index in [1.807, 2.05) is 25.1 Å². The highest BCUT2D eigenvalue weighted by Gasteiger charge is 2.07. The van der Waals surface area contributed by atoms with Gasteiger partial charge in [-0.1, -0.05) is 30.0 Å². The molecule has 0 aliphatic heterocycles. The zero-order chi connectivity index (χ0) is 16.1. The molecule has 2 aromatic rings. The predicted molar refractivity (Wildman–Crippen MR) is 97.7 cm³/mol. The van der Waals surface area contributed by atoms with E-state index < -0.39 is 0 Å². The van der Waals surface area contributed by atoms with E-state index >= 15 is 0 Å². The number of aliphatic imine (C=N–C) groups is 1. The Bertz CT molecular complexity index is 677. The van der Waals surface area contributed by atoms with Gasteiger partial charge in [0.05, 0.1) is 12.0 Å². The lowest BCUT2D eigenvalue weighted by Crippen LogP contribution is -2.14. The Morgan fingerprint density at radius 1 is 1.00 bits per heavy atom. The molecular weight excluding hydrogens is 288 g/mol. The standard InChI is InChI=1S/C19H24N2S/c1-6-21(5)13-20-17-11-16(4)19(12-15(17)3)22-18-10-8-7-9-14(18)2/h7-13H,6H2,1-5H3. The van der Waals surface area contributed by atoms with Gasteiger partial charge >= 0.3 is 0 Å². The molecular formula is C19H24N2S. The molecule has 0 aromatic heterocycles. The third kappa shape index (κ3) is 4.14.